The molecule has 0 aliphatic carbocycles. The van der Waals surface area contributed by atoms with Gasteiger partial charge in [-0.05, 0) is 30.3 Å². The molecule has 1 N–H and O–H groups in total. The molecule has 0 atom stereocenters. The highest BCUT2D eigenvalue weighted by Crippen LogP contribution is 2.32. The Morgan fingerprint density at radius 3 is 2.55 bits per heavy atom. The standard InChI is InChI=1S/C14H10BrNO3S/c1-8(17)12-5-3-10(7-16-12)20-13-6-9(15)2-4-11(13)14(18)19/h2-7H,1H3,(H,18,19). The molecule has 4 nitrogen and oxygen atoms in total. The number of aromatic nitrogens is 1. The maximum Gasteiger partial charge on any atom is 0.336 e. The first-order valence-electron chi connectivity index (χ1n) is 5.65. The zero-order chi connectivity index (χ0) is 14.7. The molecule has 1 aromatic heterocycles. The predicted octanol–water partition coefficient (Wildman–Crippen LogP) is 3.90. The Balaban J connectivity index is 2.31. The zero-order valence-electron chi connectivity index (χ0n) is 10.5. The second-order valence-corrected chi connectivity index (χ2v) is 6.01. The van der Waals surface area contributed by atoms with Crippen LogP contribution in [0.4, 0.5) is 0 Å². The molecule has 0 bridgehead atoms. The molecule has 0 saturated heterocycles. The lowest BCUT2D eigenvalue weighted by molar-refractivity contribution is 0.0693. The maximum atomic E-state index is 11.2. The van der Waals surface area contributed by atoms with E-state index in [1.807, 2.05) is 0 Å². The van der Waals surface area contributed by atoms with Crippen molar-refractivity contribution in [2.24, 2.45) is 0 Å². The summed E-state index contributed by atoms with van der Waals surface area (Å²) < 4.78 is 0.804. The molecule has 0 radical (unpaired) electrons. The average molecular weight is 352 g/mol. The number of carboxylic acid groups (broad SMARTS) is 1. The van der Waals surface area contributed by atoms with E-state index < -0.39 is 5.97 Å². The quantitative estimate of drug-likeness (QED) is 0.846. The van der Waals surface area contributed by atoms with Gasteiger partial charge < -0.3 is 5.11 Å². The van der Waals surface area contributed by atoms with Gasteiger partial charge in [0.15, 0.2) is 5.78 Å². The first-order chi connectivity index (χ1) is 9.47. The normalized spacial score (nSPS) is 10.3. The molecule has 0 spiro atoms. The van der Waals surface area contributed by atoms with Crippen molar-refractivity contribution < 1.29 is 14.7 Å². The minimum Gasteiger partial charge on any atom is -0.478 e. The second-order valence-electron chi connectivity index (χ2n) is 3.98. The summed E-state index contributed by atoms with van der Waals surface area (Å²) in [5.74, 6) is -1.08. The van der Waals surface area contributed by atoms with Crippen molar-refractivity contribution in [3.63, 3.8) is 0 Å². The van der Waals surface area contributed by atoms with Crippen LogP contribution in [0.2, 0.25) is 0 Å². The molecule has 0 amide bonds. The van der Waals surface area contributed by atoms with Gasteiger partial charge in [-0.25, -0.2) is 4.79 Å². The van der Waals surface area contributed by atoms with Crippen LogP contribution >= 0.6 is 27.7 Å². The molecule has 0 aliphatic rings. The Morgan fingerprint density at radius 2 is 2.00 bits per heavy atom. The number of hydrogen-bond acceptors (Lipinski definition) is 4. The fourth-order valence-corrected chi connectivity index (χ4v) is 2.99. The molecule has 0 saturated carbocycles. The highest BCUT2D eigenvalue weighted by molar-refractivity contribution is 9.10. The average Bonchev–Trinajstić information content (AvgIpc) is 2.39. The SMILES string of the molecule is CC(=O)c1ccc(Sc2cc(Br)ccc2C(=O)O)cn1. The fourth-order valence-electron chi connectivity index (χ4n) is 1.53. The monoisotopic (exact) mass is 351 g/mol. The summed E-state index contributed by atoms with van der Waals surface area (Å²) in [4.78, 5) is 27.8. The summed E-state index contributed by atoms with van der Waals surface area (Å²) in [7, 11) is 0. The van der Waals surface area contributed by atoms with E-state index in [0.717, 1.165) is 9.37 Å². The molecule has 1 heterocycles. The van der Waals surface area contributed by atoms with Crippen LogP contribution in [-0.4, -0.2) is 21.8 Å². The third-order valence-electron chi connectivity index (χ3n) is 2.50. The van der Waals surface area contributed by atoms with Gasteiger partial charge in [-0.15, -0.1) is 0 Å². The van der Waals surface area contributed by atoms with Gasteiger partial charge in [-0.2, -0.15) is 0 Å². The van der Waals surface area contributed by atoms with Crippen LogP contribution in [-0.2, 0) is 0 Å². The van der Waals surface area contributed by atoms with Gasteiger partial charge >= 0.3 is 5.97 Å². The maximum absolute atomic E-state index is 11.2. The minimum atomic E-state index is -0.978. The molecule has 0 unspecified atom stereocenters. The highest BCUT2D eigenvalue weighted by atomic mass is 79.9. The third-order valence-corrected chi connectivity index (χ3v) is 4.03. The number of carbonyl (C=O) groups excluding carboxylic acids is 1. The van der Waals surface area contributed by atoms with Crippen LogP contribution in [0.25, 0.3) is 0 Å². The van der Waals surface area contributed by atoms with Crippen LogP contribution in [0.15, 0.2) is 50.8 Å². The van der Waals surface area contributed by atoms with E-state index in [1.165, 1.54) is 18.7 Å². The van der Waals surface area contributed by atoms with Crippen molar-refractivity contribution in [2.45, 2.75) is 16.7 Å². The van der Waals surface area contributed by atoms with Crippen molar-refractivity contribution in [1.82, 2.24) is 4.98 Å². The minimum absolute atomic E-state index is 0.102. The van der Waals surface area contributed by atoms with Crippen molar-refractivity contribution >= 4 is 39.4 Å². The summed E-state index contributed by atoms with van der Waals surface area (Å²) in [5, 5.41) is 9.16. The number of hydrogen-bond donors (Lipinski definition) is 1. The van der Waals surface area contributed by atoms with Crippen LogP contribution < -0.4 is 0 Å². The number of nitrogens with zero attached hydrogens (tertiary/aromatic N) is 1. The van der Waals surface area contributed by atoms with Crippen molar-refractivity contribution in [3.05, 3.63) is 52.3 Å². The lowest BCUT2D eigenvalue weighted by Crippen LogP contribution is -1.99. The van der Waals surface area contributed by atoms with Crippen molar-refractivity contribution in [3.8, 4) is 0 Å². The first-order valence-corrected chi connectivity index (χ1v) is 7.26. The number of pyridine rings is 1. The number of rotatable bonds is 4. The Labute approximate surface area is 128 Å². The molecule has 102 valence electrons. The zero-order valence-corrected chi connectivity index (χ0v) is 12.9. The summed E-state index contributed by atoms with van der Waals surface area (Å²) in [6, 6.07) is 8.35. The van der Waals surface area contributed by atoms with E-state index in [2.05, 4.69) is 20.9 Å². The smallest absolute Gasteiger partial charge is 0.336 e. The number of benzene rings is 1. The van der Waals surface area contributed by atoms with E-state index in [0.29, 0.717) is 10.6 Å². The molecule has 0 fully saturated rings. The molecule has 6 heteroatoms. The molecule has 20 heavy (non-hydrogen) atoms. The summed E-state index contributed by atoms with van der Waals surface area (Å²) >= 11 is 4.62. The third kappa shape index (κ3) is 3.46. The first kappa shape index (κ1) is 14.7. The number of carbonyl (C=O) groups is 2. The van der Waals surface area contributed by atoms with Gasteiger partial charge in [0.25, 0.3) is 0 Å². The number of carboxylic acids is 1. The number of ketones is 1. The largest absolute Gasteiger partial charge is 0.478 e. The lowest BCUT2D eigenvalue weighted by atomic mass is 10.2. The van der Waals surface area contributed by atoms with Gasteiger partial charge in [0.2, 0.25) is 0 Å². The Bertz CT molecular complexity index is 671. The number of aromatic carboxylic acids is 1. The lowest BCUT2D eigenvalue weighted by Gasteiger charge is -2.06. The molecular weight excluding hydrogens is 342 g/mol. The molecule has 2 aromatic rings. The Hall–Kier alpha value is -1.66. The molecule has 0 aliphatic heterocycles. The molecule has 2 rings (SSSR count). The van der Waals surface area contributed by atoms with Crippen LogP contribution in [0.3, 0.4) is 0 Å². The fraction of sp³-hybridized carbons (Fsp3) is 0.0714. The van der Waals surface area contributed by atoms with E-state index in [1.54, 1.807) is 36.5 Å². The van der Waals surface area contributed by atoms with Crippen molar-refractivity contribution in [1.29, 1.82) is 0 Å². The highest BCUT2D eigenvalue weighted by Gasteiger charge is 2.12. The van der Waals surface area contributed by atoms with Crippen LogP contribution in [0.5, 0.6) is 0 Å². The van der Waals surface area contributed by atoms with Crippen LogP contribution in [0, 0.1) is 0 Å². The van der Waals surface area contributed by atoms with Crippen LogP contribution in [0.1, 0.15) is 27.8 Å². The Morgan fingerprint density at radius 1 is 1.25 bits per heavy atom. The van der Waals surface area contributed by atoms with E-state index in [4.69, 9.17) is 5.11 Å². The van der Waals surface area contributed by atoms with E-state index in [-0.39, 0.29) is 11.3 Å². The second kappa shape index (κ2) is 6.19. The van der Waals surface area contributed by atoms with Gasteiger partial charge in [-0.3, -0.25) is 9.78 Å². The molecule has 1 aromatic carbocycles. The Kier molecular flexibility index (Phi) is 4.57. The summed E-state index contributed by atoms with van der Waals surface area (Å²) in [5.41, 5.74) is 0.621. The van der Waals surface area contributed by atoms with Gasteiger partial charge in [0.1, 0.15) is 5.69 Å². The molecular formula is C14H10BrNO3S. The number of Topliss-reactive ketones (excluding diaryl/α,β-unsaturated/α-hetero) is 1. The predicted molar refractivity (Wildman–Crippen MR) is 79.5 cm³/mol. The topological polar surface area (TPSA) is 67.3 Å². The van der Waals surface area contributed by atoms with Gasteiger partial charge in [0.05, 0.1) is 5.56 Å². The number of halogens is 1. The van der Waals surface area contributed by atoms with E-state index >= 15 is 0 Å². The van der Waals surface area contributed by atoms with E-state index in [9.17, 15) is 9.59 Å². The summed E-state index contributed by atoms with van der Waals surface area (Å²) in [6.45, 7) is 1.45. The van der Waals surface area contributed by atoms with Gasteiger partial charge in [0, 0.05) is 27.4 Å². The van der Waals surface area contributed by atoms with Gasteiger partial charge in [-0.1, -0.05) is 27.7 Å². The summed E-state index contributed by atoms with van der Waals surface area (Å²) in [6.07, 6.45) is 1.56. The van der Waals surface area contributed by atoms with Crippen molar-refractivity contribution in [2.75, 3.05) is 0 Å².